The Kier molecular flexibility index (Phi) is 6.21. The Hall–Kier alpha value is -1.59. The second kappa shape index (κ2) is 8.15. The highest BCUT2D eigenvalue weighted by Crippen LogP contribution is 2.22. The average molecular weight is 304 g/mol. The van der Waals surface area contributed by atoms with Crippen molar-refractivity contribution in [3.8, 4) is 0 Å². The topological polar surface area (TPSA) is 70.4 Å². The van der Waals surface area contributed by atoms with Gasteiger partial charge < -0.3 is 16.4 Å². The number of hydrogen-bond acceptors (Lipinski definition) is 3. The molecule has 0 saturated carbocycles. The van der Waals surface area contributed by atoms with Gasteiger partial charge in [-0.25, -0.2) is 4.79 Å². The van der Waals surface area contributed by atoms with Gasteiger partial charge in [-0.3, -0.25) is 4.90 Å². The maximum atomic E-state index is 12.1. The zero-order chi connectivity index (χ0) is 15.9. The van der Waals surface area contributed by atoms with Gasteiger partial charge in [0, 0.05) is 30.9 Å². The number of amides is 2. The number of carbonyl (C=O) groups is 1. The second-order valence-corrected chi connectivity index (χ2v) is 6.22. The number of piperidine rings is 1. The molecule has 1 aliphatic heterocycles. The van der Waals surface area contributed by atoms with E-state index in [1.165, 1.54) is 19.3 Å². The predicted molar refractivity (Wildman–Crippen MR) is 90.9 cm³/mol. The number of nitrogens with two attached hydrogens (primary N) is 1. The van der Waals surface area contributed by atoms with Crippen LogP contribution in [-0.4, -0.2) is 42.1 Å². The van der Waals surface area contributed by atoms with Crippen LogP contribution in [0.2, 0.25) is 0 Å². The van der Waals surface area contributed by atoms with Crippen LogP contribution in [0.1, 0.15) is 33.1 Å². The van der Waals surface area contributed by atoms with Crippen molar-refractivity contribution in [1.29, 1.82) is 0 Å². The maximum absolute atomic E-state index is 12.1. The summed E-state index contributed by atoms with van der Waals surface area (Å²) in [6, 6.07) is 10.3. The molecule has 1 aliphatic rings. The summed E-state index contributed by atoms with van der Waals surface area (Å²) in [5.74, 6) is 0. The van der Waals surface area contributed by atoms with Crippen LogP contribution in [0.25, 0.3) is 0 Å². The Balaban J connectivity index is 1.87. The molecule has 0 spiro atoms. The zero-order valence-electron chi connectivity index (χ0n) is 13.6. The van der Waals surface area contributed by atoms with Crippen molar-refractivity contribution in [2.24, 2.45) is 5.73 Å². The summed E-state index contributed by atoms with van der Waals surface area (Å²) in [6.45, 7) is 5.76. The van der Waals surface area contributed by atoms with Crippen LogP contribution in [0.15, 0.2) is 30.3 Å². The van der Waals surface area contributed by atoms with Crippen LogP contribution in [0.4, 0.5) is 10.5 Å². The van der Waals surface area contributed by atoms with Crippen molar-refractivity contribution >= 4 is 11.7 Å². The third kappa shape index (κ3) is 4.71. The Morgan fingerprint density at radius 2 is 1.91 bits per heavy atom. The Morgan fingerprint density at radius 1 is 1.27 bits per heavy atom. The minimum atomic E-state index is -0.195. The standard InChI is InChI=1S/C17H28N4O/c1-13-7-6-8-14(2)21(13)12-16(11-18)20-17(22)19-15-9-4-3-5-10-15/h3-5,9-10,13-14,16H,6-8,11-12,18H2,1-2H3,(H2,19,20,22)/t13-,14+,16-/m1/s1. The highest BCUT2D eigenvalue weighted by atomic mass is 16.2. The molecule has 3 atom stereocenters. The molecule has 0 radical (unpaired) electrons. The Bertz CT molecular complexity index is 455. The Labute approximate surface area is 133 Å². The SMILES string of the molecule is C[C@@H]1CCC[C@H](C)N1C[C@@H](CN)NC(=O)Nc1ccccc1. The van der Waals surface area contributed by atoms with E-state index in [1.54, 1.807) is 0 Å². The summed E-state index contributed by atoms with van der Waals surface area (Å²) in [4.78, 5) is 14.6. The molecular formula is C17H28N4O. The lowest BCUT2D eigenvalue weighted by Gasteiger charge is -2.40. The van der Waals surface area contributed by atoms with Crippen molar-refractivity contribution in [3.63, 3.8) is 0 Å². The largest absolute Gasteiger partial charge is 0.333 e. The van der Waals surface area contributed by atoms with E-state index in [0.717, 1.165) is 12.2 Å². The van der Waals surface area contributed by atoms with Crippen LogP contribution >= 0.6 is 0 Å². The fourth-order valence-corrected chi connectivity index (χ4v) is 3.14. The third-order valence-corrected chi connectivity index (χ3v) is 4.46. The molecule has 1 aromatic carbocycles. The molecule has 0 aromatic heterocycles. The van der Waals surface area contributed by atoms with Crippen LogP contribution in [0, 0.1) is 0 Å². The zero-order valence-corrected chi connectivity index (χ0v) is 13.6. The Morgan fingerprint density at radius 3 is 2.50 bits per heavy atom. The van der Waals surface area contributed by atoms with Crippen LogP contribution < -0.4 is 16.4 Å². The molecular weight excluding hydrogens is 276 g/mol. The molecule has 4 N–H and O–H groups in total. The first-order valence-electron chi connectivity index (χ1n) is 8.18. The third-order valence-electron chi connectivity index (χ3n) is 4.46. The molecule has 5 heteroatoms. The molecule has 1 fully saturated rings. The van der Waals surface area contributed by atoms with Crippen molar-refractivity contribution in [3.05, 3.63) is 30.3 Å². The molecule has 0 unspecified atom stereocenters. The van der Waals surface area contributed by atoms with Gasteiger partial charge in [-0.15, -0.1) is 0 Å². The fourth-order valence-electron chi connectivity index (χ4n) is 3.14. The van der Waals surface area contributed by atoms with Gasteiger partial charge in [0.05, 0.1) is 6.04 Å². The summed E-state index contributed by atoms with van der Waals surface area (Å²) in [7, 11) is 0. The number of urea groups is 1. The summed E-state index contributed by atoms with van der Waals surface area (Å²) in [5, 5.41) is 5.83. The van der Waals surface area contributed by atoms with Gasteiger partial charge in [0.15, 0.2) is 0 Å². The smallest absolute Gasteiger partial charge is 0.319 e. The molecule has 1 heterocycles. The molecule has 122 valence electrons. The number of para-hydroxylation sites is 1. The molecule has 0 bridgehead atoms. The van der Waals surface area contributed by atoms with Gasteiger partial charge in [-0.2, -0.15) is 0 Å². The van der Waals surface area contributed by atoms with E-state index in [9.17, 15) is 4.79 Å². The van der Waals surface area contributed by atoms with E-state index in [4.69, 9.17) is 5.73 Å². The van der Waals surface area contributed by atoms with Gasteiger partial charge >= 0.3 is 6.03 Å². The minimum absolute atomic E-state index is 0.0355. The lowest BCUT2D eigenvalue weighted by Crippen LogP contribution is -2.54. The molecule has 1 saturated heterocycles. The van der Waals surface area contributed by atoms with Gasteiger partial charge in [-0.1, -0.05) is 24.6 Å². The van der Waals surface area contributed by atoms with Gasteiger partial charge in [-0.05, 0) is 38.8 Å². The van der Waals surface area contributed by atoms with Crippen molar-refractivity contribution < 1.29 is 4.79 Å². The van der Waals surface area contributed by atoms with E-state index in [2.05, 4.69) is 29.4 Å². The summed E-state index contributed by atoms with van der Waals surface area (Å²) in [5.41, 5.74) is 6.64. The summed E-state index contributed by atoms with van der Waals surface area (Å²) in [6.07, 6.45) is 3.73. The second-order valence-electron chi connectivity index (χ2n) is 6.22. The van der Waals surface area contributed by atoms with E-state index >= 15 is 0 Å². The highest BCUT2D eigenvalue weighted by molar-refractivity contribution is 5.89. The van der Waals surface area contributed by atoms with Crippen molar-refractivity contribution in [2.45, 2.75) is 51.2 Å². The fraction of sp³-hybridized carbons (Fsp3) is 0.588. The van der Waals surface area contributed by atoms with Crippen LogP contribution in [-0.2, 0) is 0 Å². The first-order chi connectivity index (χ1) is 10.6. The molecule has 1 aromatic rings. The summed E-state index contributed by atoms with van der Waals surface area (Å²) >= 11 is 0. The number of nitrogens with zero attached hydrogens (tertiary/aromatic N) is 1. The first kappa shape index (κ1) is 16.8. The van der Waals surface area contributed by atoms with E-state index in [1.807, 2.05) is 30.3 Å². The lowest BCUT2D eigenvalue weighted by atomic mass is 9.97. The lowest BCUT2D eigenvalue weighted by molar-refractivity contribution is 0.0933. The highest BCUT2D eigenvalue weighted by Gasteiger charge is 2.27. The normalized spacial score (nSPS) is 23.8. The number of carbonyl (C=O) groups excluding carboxylic acids is 1. The molecule has 2 amide bonds. The van der Waals surface area contributed by atoms with Gasteiger partial charge in [0.2, 0.25) is 0 Å². The molecule has 0 aliphatic carbocycles. The number of benzene rings is 1. The maximum Gasteiger partial charge on any atom is 0.319 e. The van der Waals surface area contributed by atoms with Crippen LogP contribution in [0.5, 0.6) is 0 Å². The van der Waals surface area contributed by atoms with Crippen molar-refractivity contribution in [2.75, 3.05) is 18.4 Å². The number of nitrogens with one attached hydrogen (secondary N) is 2. The van der Waals surface area contributed by atoms with Gasteiger partial charge in [0.1, 0.15) is 0 Å². The number of hydrogen-bond donors (Lipinski definition) is 3. The van der Waals surface area contributed by atoms with E-state index < -0.39 is 0 Å². The number of likely N-dealkylation sites (tertiary alicyclic amines) is 1. The minimum Gasteiger partial charge on any atom is -0.333 e. The first-order valence-corrected chi connectivity index (χ1v) is 8.18. The monoisotopic (exact) mass is 304 g/mol. The van der Waals surface area contributed by atoms with E-state index in [0.29, 0.717) is 18.6 Å². The number of rotatable bonds is 5. The number of anilines is 1. The molecule has 5 nitrogen and oxygen atoms in total. The van der Waals surface area contributed by atoms with Crippen molar-refractivity contribution in [1.82, 2.24) is 10.2 Å². The van der Waals surface area contributed by atoms with Crippen LogP contribution in [0.3, 0.4) is 0 Å². The van der Waals surface area contributed by atoms with E-state index in [-0.39, 0.29) is 12.1 Å². The average Bonchev–Trinajstić information content (AvgIpc) is 2.51. The quantitative estimate of drug-likeness (QED) is 0.782. The predicted octanol–water partition coefficient (Wildman–Crippen LogP) is 2.40. The molecule has 2 rings (SSSR count). The van der Waals surface area contributed by atoms with Gasteiger partial charge in [0.25, 0.3) is 0 Å². The summed E-state index contributed by atoms with van der Waals surface area (Å²) < 4.78 is 0. The molecule has 22 heavy (non-hydrogen) atoms.